The molecule has 2 aromatic heterocycles. The summed E-state index contributed by atoms with van der Waals surface area (Å²) in [4.78, 5) is 3.98. The first-order chi connectivity index (χ1) is 6.92. The molecule has 0 fully saturated rings. The van der Waals surface area contributed by atoms with Crippen LogP contribution in [0.15, 0.2) is 18.6 Å². The second-order valence-electron chi connectivity index (χ2n) is 2.77. The van der Waals surface area contributed by atoms with E-state index >= 15 is 0 Å². The summed E-state index contributed by atoms with van der Waals surface area (Å²) < 4.78 is 7.05. The predicted octanol–water partition coefficient (Wildman–Crippen LogP) is -0.400. The first kappa shape index (κ1) is 9.04. The van der Waals surface area contributed by atoms with E-state index in [1.54, 1.807) is 23.0 Å². The molecule has 2 heterocycles. The van der Waals surface area contributed by atoms with Crippen LogP contribution in [0.25, 0.3) is 5.65 Å². The molecule has 74 valence electrons. The number of aromatic nitrogens is 4. The topological polar surface area (TPSA) is 78.3 Å². The summed E-state index contributed by atoms with van der Waals surface area (Å²) in [5.74, 6) is 0.738. The molecule has 0 saturated heterocycles. The van der Waals surface area contributed by atoms with Crippen molar-refractivity contribution in [2.45, 2.75) is 6.61 Å². The number of ether oxygens (including phenoxy) is 1. The molecule has 6 heteroatoms. The fraction of sp³-hybridized carbons (Fsp3) is 0.375. The maximum atomic E-state index is 5.30. The lowest BCUT2D eigenvalue weighted by Crippen LogP contribution is -2.09. The molecule has 0 saturated carbocycles. The maximum absolute atomic E-state index is 5.30. The van der Waals surface area contributed by atoms with Crippen LogP contribution in [0, 0.1) is 0 Å². The molecule has 0 aliphatic rings. The summed E-state index contributed by atoms with van der Waals surface area (Å²) in [6.07, 6.45) is 3.34. The first-order valence-corrected chi connectivity index (χ1v) is 4.33. The minimum Gasteiger partial charge on any atom is -0.372 e. The highest BCUT2D eigenvalue weighted by molar-refractivity contribution is 5.34. The smallest absolute Gasteiger partial charge is 0.164 e. The van der Waals surface area contributed by atoms with Crippen LogP contribution < -0.4 is 5.73 Å². The Morgan fingerprint density at radius 2 is 2.36 bits per heavy atom. The van der Waals surface area contributed by atoms with Crippen molar-refractivity contribution < 1.29 is 4.74 Å². The van der Waals surface area contributed by atoms with Gasteiger partial charge in [-0.1, -0.05) is 0 Å². The van der Waals surface area contributed by atoms with E-state index < -0.39 is 0 Å². The van der Waals surface area contributed by atoms with Crippen molar-refractivity contribution in [1.29, 1.82) is 0 Å². The lowest BCUT2D eigenvalue weighted by Gasteiger charge is -1.99. The zero-order valence-electron chi connectivity index (χ0n) is 7.63. The highest BCUT2D eigenvalue weighted by atomic mass is 16.5. The van der Waals surface area contributed by atoms with E-state index in [-0.39, 0.29) is 0 Å². The Morgan fingerprint density at radius 3 is 3.21 bits per heavy atom. The van der Waals surface area contributed by atoms with Gasteiger partial charge in [-0.2, -0.15) is 0 Å². The van der Waals surface area contributed by atoms with E-state index in [1.165, 1.54) is 0 Å². The molecule has 0 aliphatic heterocycles. The molecule has 2 aromatic rings. The van der Waals surface area contributed by atoms with Crippen LogP contribution in [-0.4, -0.2) is 32.7 Å². The molecule has 0 spiro atoms. The van der Waals surface area contributed by atoms with Gasteiger partial charge < -0.3 is 10.5 Å². The number of nitrogens with zero attached hydrogens (tertiary/aromatic N) is 4. The van der Waals surface area contributed by atoms with Gasteiger partial charge >= 0.3 is 0 Å². The van der Waals surface area contributed by atoms with Crippen molar-refractivity contribution in [2.75, 3.05) is 13.2 Å². The van der Waals surface area contributed by atoms with E-state index in [2.05, 4.69) is 15.2 Å². The standard InChI is InChI=1S/C8H11N5O/c9-2-4-14-5-8-12-11-7-1-3-10-6-13(7)8/h1,3,6H,2,4-5,9H2. The summed E-state index contributed by atoms with van der Waals surface area (Å²) >= 11 is 0. The van der Waals surface area contributed by atoms with Crippen molar-refractivity contribution in [1.82, 2.24) is 19.6 Å². The van der Waals surface area contributed by atoms with Gasteiger partial charge in [0, 0.05) is 18.8 Å². The molecule has 0 unspecified atom stereocenters. The summed E-state index contributed by atoms with van der Waals surface area (Å²) in [7, 11) is 0. The quantitative estimate of drug-likeness (QED) is 0.668. The highest BCUT2D eigenvalue weighted by Crippen LogP contribution is 2.01. The predicted molar refractivity (Wildman–Crippen MR) is 49.5 cm³/mol. The zero-order chi connectivity index (χ0) is 9.80. The molecule has 2 rings (SSSR count). The molecule has 0 aliphatic carbocycles. The molecule has 14 heavy (non-hydrogen) atoms. The lowest BCUT2D eigenvalue weighted by atomic mass is 10.6. The van der Waals surface area contributed by atoms with Crippen molar-refractivity contribution in [2.24, 2.45) is 5.73 Å². The minimum atomic E-state index is 0.407. The average molecular weight is 193 g/mol. The number of hydrogen-bond acceptors (Lipinski definition) is 5. The van der Waals surface area contributed by atoms with E-state index in [1.807, 2.05) is 0 Å². The molecule has 0 radical (unpaired) electrons. The molecular weight excluding hydrogens is 182 g/mol. The fourth-order valence-corrected chi connectivity index (χ4v) is 1.14. The third-order valence-electron chi connectivity index (χ3n) is 1.78. The van der Waals surface area contributed by atoms with Gasteiger partial charge in [-0.05, 0) is 0 Å². The molecule has 2 N–H and O–H groups in total. The first-order valence-electron chi connectivity index (χ1n) is 4.33. The fourth-order valence-electron chi connectivity index (χ4n) is 1.14. The van der Waals surface area contributed by atoms with E-state index in [0.29, 0.717) is 19.8 Å². The maximum Gasteiger partial charge on any atom is 0.164 e. The van der Waals surface area contributed by atoms with E-state index in [0.717, 1.165) is 11.5 Å². The summed E-state index contributed by atoms with van der Waals surface area (Å²) in [5, 5.41) is 7.93. The summed E-state index contributed by atoms with van der Waals surface area (Å²) in [6.45, 7) is 1.44. The monoisotopic (exact) mass is 193 g/mol. The highest BCUT2D eigenvalue weighted by Gasteiger charge is 2.03. The van der Waals surface area contributed by atoms with E-state index in [9.17, 15) is 0 Å². The Kier molecular flexibility index (Phi) is 2.66. The van der Waals surface area contributed by atoms with Gasteiger partial charge in [0.2, 0.25) is 0 Å². The minimum absolute atomic E-state index is 0.407. The number of hydrogen-bond donors (Lipinski definition) is 1. The normalized spacial score (nSPS) is 10.9. The van der Waals surface area contributed by atoms with Crippen LogP contribution >= 0.6 is 0 Å². The number of rotatable bonds is 4. The van der Waals surface area contributed by atoms with E-state index in [4.69, 9.17) is 10.5 Å². The molecule has 0 atom stereocenters. The number of nitrogens with two attached hydrogens (primary N) is 1. The van der Waals surface area contributed by atoms with Gasteiger partial charge in [0.15, 0.2) is 11.5 Å². The Morgan fingerprint density at radius 1 is 1.43 bits per heavy atom. The summed E-state index contributed by atoms with van der Waals surface area (Å²) in [6, 6.07) is 1.79. The summed E-state index contributed by atoms with van der Waals surface area (Å²) in [5.41, 5.74) is 6.07. The van der Waals surface area contributed by atoms with Gasteiger partial charge in [0.1, 0.15) is 12.9 Å². The zero-order valence-corrected chi connectivity index (χ0v) is 7.63. The SMILES string of the molecule is NCCOCc1nnc2ccncn12. The van der Waals surface area contributed by atoms with Crippen molar-refractivity contribution >= 4 is 5.65 Å². The Balaban J connectivity index is 2.17. The van der Waals surface area contributed by atoms with Crippen LogP contribution in [-0.2, 0) is 11.3 Å². The third kappa shape index (κ3) is 1.70. The number of fused-ring (bicyclic) bond motifs is 1. The lowest BCUT2D eigenvalue weighted by molar-refractivity contribution is 0.122. The largest absolute Gasteiger partial charge is 0.372 e. The van der Waals surface area contributed by atoms with Gasteiger partial charge in [-0.15, -0.1) is 10.2 Å². The van der Waals surface area contributed by atoms with Crippen LogP contribution in [0.5, 0.6) is 0 Å². The van der Waals surface area contributed by atoms with Gasteiger partial charge in [-0.3, -0.25) is 4.40 Å². The van der Waals surface area contributed by atoms with Crippen molar-refractivity contribution in [3.63, 3.8) is 0 Å². The van der Waals surface area contributed by atoms with Crippen molar-refractivity contribution in [3.05, 3.63) is 24.4 Å². The van der Waals surface area contributed by atoms with Gasteiger partial charge in [0.25, 0.3) is 0 Å². The Bertz CT molecular complexity index is 413. The second kappa shape index (κ2) is 4.12. The Labute approximate surface area is 80.7 Å². The second-order valence-corrected chi connectivity index (χ2v) is 2.77. The molecule has 0 amide bonds. The van der Waals surface area contributed by atoms with Gasteiger partial charge in [-0.25, -0.2) is 4.98 Å². The van der Waals surface area contributed by atoms with Gasteiger partial charge in [0.05, 0.1) is 6.61 Å². The molecule has 0 bridgehead atoms. The Hall–Kier alpha value is -1.53. The molecular formula is C8H11N5O. The average Bonchev–Trinajstić information content (AvgIpc) is 2.63. The van der Waals surface area contributed by atoms with Crippen LogP contribution in [0.2, 0.25) is 0 Å². The van der Waals surface area contributed by atoms with Crippen LogP contribution in [0.4, 0.5) is 0 Å². The molecule has 0 aromatic carbocycles. The third-order valence-corrected chi connectivity index (χ3v) is 1.78. The van der Waals surface area contributed by atoms with Crippen LogP contribution in [0.3, 0.4) is 0 Å². The van der Waals surface area contributed by atoms with Crippen molar-refractivity contribution in [3.8, 4) is 0 Å². The molecule has 6 nitrogen and oxygen atoms in total. The van der Waals surface area contributed by atoms with Crippen LogP contribution in [0.1, 0.15) is 5.82 Å².